The van der Waals surface area contributed by atoms with Gasteiger partial charge in [0.15, 0.2) is 0 Å². The average molecular weight is 296 g/mol. The lowest BCUT2D eigenvalue weighted by molar-refractivity contribution is 0.101. The summed E-state index contributed by atoms with van der Waals surface area (Å²) in [6.07, 6.45) is 6.43. The van der Waals surface area contributed by atoms with Gasteiger partial charge >= 0.3 is 0 Å². The molecule has 2 rings (SSSR count). The molecular formula is C17H26ClNO. The van der Waals surface area contributed by atoms with E-state index in [4.69, 9.17) is 16.3 Å². The minimum atomic E-state index is 0.475. The van der Waals surface area contributed by atoms with Crippen molar-refractivity contribution >= 4 is 11.6 Å². The van der Waals surface area contributed by atoms with Gasteiger partial charge in [0.25, 0.3) is 0 Å². The lowest BCUT2D eigenvalue weighted by atomic mass is 9.92. The van der Waals surface area contributed by atoms with E-state index in [0.717, 1.165) is 31.1 Å². The zero-order chi connectivity index (χ0) is 14.2. The summed E-state index contributed by atoms with van der Waals surface area (Å²) in [4.78, 5) is 0. The van der Waals surface area contributed by atoms with E-state index in [1.165, 1.54) is 31.2 Å². The highest BCUT2D eigenvalue weighted by atomic mass is 35.5. The third kappa shape index (κ3) is 5.08. The van der Waals surface area contributed by atoms with Gasteiger partial charge in [0.1, 0.15) is 0 Å². The fourth-order valence-electron chi connectivity index (χ4n) is 2.86. The first-order chi connectivity index (χ1) is 9.79. The molecule has 112 valence electrons. The normalized spacial score (nSPS) is 20.2. The molecule has 1 N–H and O–H groups in total. The zero-order valence-electron chi connectivity index (χ0n) is 12.4. The largest absolute Gasteiger partial charge is 0.378 e. The highest BCUT2D eigenvalue weighted by Gasteiger charge is 2.19. The molecule has 0 spiro atoms. The number of nitrogens with one attached hydrogen (secondary N) is 1. The van der Waals surface area contributed by atoms with Gasteiger partial charge in [0.2, 0.25) is 0 Å². The van der Waals surface area contributed by atoms with Gasteiger partial charge in [-0.25, -0.2) is 0 Å². The van der Waals surface area contributed by atoms with Gasteiger partial charge in [-0.1, -0.05) is 30.7 Å². The Bertz CT molecular complexity index is 390. The van der Waals surface area contributed by atoms with Gasteiger partial charge in [-0.05, 0) is 62.3 Å². The summed E-state index contributed by atoms with van der Waals surface area (Å²) in [7, 11) is 0. The summed E-state index contributed by atoms with van der Waals surface area (Å²) in [5.41, 5.74) is 1.35. The summed E-state index contributed by atoms with van der Waals surface area (Å²) in [5.74, 6) is 0.532. The van der Waals surface area contributed by atoms with Crippen molar-refractivity contribution in [1.82, 2.24) is 5.32 Å². The molecule has 1 saturated heterocycles. The summed E-state index contributed by atoms with van der Waals surface area (Å²) >= 11 is 6.13. The van der Waals surface area contributed by atoms with Crippen molar-refractivity contribution in [3.8, 4) is 0 Å². The van der Waals surface area contributed by atoms with Crippen LogP contribution in [-0.4, -0.2) is 25.8 Å². The predicted octanol–water partition coefficient (Wildman–Crippen LogP) is 4.38. The maximum absolute atomic E-state index is 6.13. The Balaban J connectivity index is 1.92. The third-order valence-electron chi connectivity index (χ3n) is 4.00. The minimum absolute atomic E-state index is 0.475. The van der Waals surface area contributed by atoms with E-state index in [0.29, 0.717) is 12.0 Å². The molecule has 0 aliphatic carbocycles. The summed E-state index contributed by atoms with van der Waals surface area (Å²) < 4.78 is 5.74. The molecule has 0 radical (unpaired) electrons. The van der Waals surface area contributed by atoms with Crippen LogP contribution < -0.4 is 5.32 Å². The minimum Gasteiger partial charge on any atom is -0.378 e. The first-order valence-electron chi connectivity index (χ1n) is 7.87. The second kappa shape index (κ2) is 8.66. The fraction of sp³-hybridized carbons (Fsp3) is 0.647. The Hall–Kier alpha value is -0.570. The number of hydrogen-bond acceptors (Lipinski definition) is 2. The standard InChI is InChI=1S/C17H26ClNO/c1-2-10-19-13-15(8-9-17-7-4-11-20-17)14-5-3-6-16(18)12-14/h3,5-6,12,15,17,19H,2,4,7-11,13H2,1H3. The molecule has 2 unspecified atom stereocenters. The molecule has 0 saturated carbocycles. The highest BCUT2D eigenvalue weighted by Crippen LogP contribution is 2.27. The molecule has 1 aromatic rings. The van der Waals surface area contributed by atoms with Gasteiger partial charge in [0.05, 0.1) is 6.10 Å². The SMILES string of the molecule is CCCNCC(CCC1CCCO1)c1cccc(Cl)c1. The number of benzene rings is 1. The van der Waals surface area contributed by atoms with Crippen LogP contribution in [0.2, 0.25) is 5.02 Å². The topological polar surface area (TPSA) is 21.3 Å². The summed E-state index contributed by atoms with van der Waals surface area (Å²) in [6.45, 7) is 5.26. The Morgan fingerprint density at radius 2 is 2.35 bits per heavy atom. The molecule has 1 fully saturated rings. The van der Waals surface area contributed by atoms with Crippen molar-refractivity contribution in [1.29, 1.82) is 0 Å². The van der Waals surface area contributed by atoms with E-state index in [1.54, 1.807) is 0 Å². The van der Waals surface area contributed by atoms with Crippen LogP contribution in [0.4, 0.5) is 0 Å². The van der Waals surface area contributed by atoms with Crippen LogP contribution in [0, 0.1) is 0 Å². The Morgan fingerprint density at radius 3 is 3.05 bits per heavy atom. The van der Waals surface area contributed by atoms with Crippen LogP contribution in [0.5, 0.6) is 0 Å². The van der Waals surface area contributed by atoms with Crippen LogP contribution in [0.25, 0.3) is 0 Å². The second-order valence-corrected chi connectivity index (χ2v) is 6.10. The Morgan fingerprint density at radius 1 is 1.45 bits per heavy atom. The van der Waals surface area contributed by atoms with Crippen LogP contribution in [0.15, 0.2) is 24.3 Å². The lowest BCUT2D eigenvalue weighted by Crippen LogP contribution is -2.23. The molecule has 1 aliphatic heterocycles. The molecule has 1 aromatic carbocycles. The number of ether oxygens (including phenoxy) is 1. The van der Waals surface area contributed by atoms with Crippen molar-refractivity contribution in [2.45, 2.75) is 51.0 Å². The predicted molar refractivity (Wildman–Crippen MR) is 85.6 cm³/mol. The van der Waals surface area contributed by atoms with E-state index in [1.807, 2.05) is 6.07 Å². The van der Waals surface area contributed by atoms with Gasteiger partial charge in [-0.3, -0.25) is 0 Å². The van der Waals surface area contributed by atoms with Crippen LogP contribution >= 0.6 is 11.6 Å². The second-order valence-electron chi connectivity index (χ2n) is 5.67. The molecule has 1 heterocycles. The van der Waals surface area contributed by atoms with Gasteiger partial charge < -0.3 is 10.1 Å². The number of hydrogen-bond donors (Lipinski definition) is 1. The average Bonchev–Trinajstić information content (AvgIpc) is 2.96. The molecule has 20 heavy (non-hydrogen) atoms. The van der Waals surface area contributed by atoms with Crippen LogP contribution in [0.3, 0.4) is 0 Å². The number of rotatable bonds is 8. The first-order valence-corrected chi connectivity index (χ1v) is 8.25. The van der Waals surface area contributed by atoms with Crippen molar-refractivity contribution < 1.29 is 4.74 Å². The van der Waals surface area contributed by atoms with Crippen molar-refractivity contribution in [2.75, 3.05) is 19.7 Å². The van der Waals surface area contributed by atoms with E-state index in [9.17, 15) is 0 Å². The lowest BCUT2D eigenvalue weighted by Gasteiger charge is -2.20. The van der Waals surface area contributed by atoms with E-state index >= 15 is 0 Å². The Kier molecular flexibility index (Phi) is 6.85. The van der Waals surface area contributed by atoms with Crippen molar-refractivity contribution in [3.05, 3.63) is 34.9 Å². The third-order valence-corrected chi connectivity index (χ3v) is 4.23. The van der Waals surface area contributed by atoms with Crippen molar-refractivity contribution in [2.24, 2.45) is 0 Å². The molecule has 0 amide bonds. The highest BCUT2D eigenvalue weighted by molar-refractivity contribution is 6.30. The number of halogens is 1. The van der Waals surface area contributed by atoms with E-state index in [-0.39, 0.29) is 0 Å². The Labute approximate surface area is 127 Å². The first kappa shape index (κ1) is 15.8. The molecule has 1 aliphatic rings. The molecule has 2 atom stereocenters. The summed E-state index contributed by atoms with van der Waals surface area (Å²) in [5, 5.41) is 4.38. The maximum atomic E-state index is 6.13. The monoisotopic (exact) mass is 295 g/mol. The van der Waals surface area contributed by atoms with Crippen molar-refractivity contribution in [3.63, 3.8) is 0 Å². The van der Waals surface area contributed by atoms with E-state index in [2.05, 4.69) is 30.4 Å². The van der Waals surface area contributed by atoms with Gasteiger partial charge in [-0.15, -0.1) is 0 Å². The smallest absolute Gasteiger partial charge is 0.0576 e. The zero-order valence-corrected chi connectivity index (χ0v) is 13.2. The maximum Gasteiger partial charge on any atom is 0.0576 e. The fourth-order valence-corrected chi connectivity index (χ4v) is 3.06. The van der Waals surface area contributed by atoms with Crippen LogP contribution in [-0.2, 0) is 4.74 Å². The summed E-state index contributed by atoms with van der Waals surface area (Å²) in [6, 6.07) is 8.30. The molecule has 2 nitrogen and oxygen atoms in total. The van der Waals surface area contributed by atoms with E-state index < -0.39 is 0 Å². The molecule has 0 aromatic heterocycles. The van der Waals surface area contributed by atoms with Gasteiger partial charge in [0, 0.05) is 18.2 Å². The molecular weight excluding hydrogens is 270 g/mol. The quantitative estimate of drug-likeness (QED) is 0.719. The molecule has 3 heteroatoms. The van der Waals surface area contributed by atoms with Crippen LogP contribution in [0.1, 0.15) is 50.5 Å². The molecule has 0 bridgehead atoms. The van der Waals surface area contributed by atoms with Gasteiger partial charge in [-0.2, -0.15) is 0 Å².